The van der Waals surface area contributed by atoms with Gasteiger partial charge in [0.1, 0.15) is 0 Å². The lowest BCUT2D eigenvalue weighted by atomic mass is 9.38. The molecule has 0 N–H and O–H groups in total. The van der Waals surface area contributed by atoms with Gasteiger partial charge in [-0.15, -0.1) is 0 Å². The van der Waals surface area contributed by atoms with Gasteiger partial charge in [-0.05, 0) is 231 Å². The predicted octanol–water partition coefficient (Wildman–Crippen LogP) is 14.7. The van der Waals surface area contributed by atoms with Crippen LogP contribution in [0.4, 0.5) is 11.4 Å². The molecule has 10 aliphatic rings. The molecule has 2 nitrogen and oxygen atoms in total. The Labute approximate surface area is 404 Å². The molecule has 3 heterocycles. The van der Waals surface area contributed by atoms with Gasteiger partial charge in [-0.1, -0.05) is 115 Å². The molecule has 8 fully saturated rings. The Kier molecular flexibility index (Phi) is 6.27. The molecule has 0 saturated heterocycles. The second-order valence-corrected chi connectivity index (χ2v) is 24.8. The lowest BCUT2D eigenvalue weighted by Gasteiger charge is -2.66. The molecule has 8 aliphatic carbocycles. The number of aromatic nitrogens is 1. The highest BCUT2D eigenvalue weighted by Crippen LogP contribution is 2.85. The van der Waals surface area contributed by atoms with Gasteiger partial charge in [-0.2, -0.15) is 0 Å². The smallest absolute Gasteiger partial charge is 0.333 e. The number of anilines is 2. The first-order valence-corrected chi connectivity index (χ1v) is 26.8. The number of benzene rings is 8. The third-order valence-corrected chi connectivity index (χ3v) is 22.8. The Balaban J connectivity index is 0.928. The fourth-order valence-electron chi connectivity index (χ4n) is 20.3. The summed E-state index contributed by atoms with van der Waals surface area (Å²) in [4.78, 5) is 2.79. The first kappa shape index (κ1) is 36.6. The summed E-state index contributed by atoms with van der Waals surface area (Å²) in [6.07, 6.45) is 14.5. The average molecular weight is 885 g/mol. The second-order valence-electron chi connectivity index (χ2n) is 24.8. The van der Waals surface area contributed by atoms with Crippen LogP contribution in [0.1, 0.15) is 75.3 Å². The molecule has 8 saturated carbocycles. The van der Waals surface area contributed by atoms with Crippen LogP contribution >= 0.6 is 0 Å². The predicted molar refractivity (Wildman–Crippen MR) is 284 cm³/mol. The summed E-state index contributed by atoms with van der Waals surface area (Å²) in [6, 6.07) is 64.6. The number of hydrogen-bond acceptors (Lipinski definition) is 1. The van der Waals surface area contributed by atoms with Crippen molar-refractivity contribution in [2.24, 2.45) is 46.3 Å². The SMILES string of the molecule is c1ccc(-c2ccc(N3B4c5c(cc(-c6ccccc6)cc5-n5c6ccc(C78CC9CC%10CC(C7)C%109C8)cc6c6cc(C78CC9CC%10CC(C7)C%109C8)cc4c65)-c4c3ccc3ccccc43)cc2)cc1. The van der Waals surface area contributed by atoms with E-state index >= 15 is 0 Å². The van der Waals surface area contributed by atoms with Crippen molar-refractivity contribution >= 4 is 61.7 Å². The Morgan fingerprint density at radius 2 is 1.06 bits per heavy atom. The standard InChI is InChI=1S/C66H53BN2/c1-3-9-38(10-4-1)40-15-19-51(20-16-40)69-58-21-17-41-13-7-8-14-52(41)60(58)55-23-42(39-11-5-2-6-12-39)24-59-61(55)67(69)56-31-44(64-34-49-27-46-28-50(35-64)66(46,49)37-64)30-54-53-29-43(18-22-57(53)68(59)62(54)56)63-32-47-25-45-26-48(33-63)65(45,47)36-63/h1-24,29-31,45-50H,25-28,32-37H2. The molecular formula is C66H53BN2. The van der Waals surface area contributed by atoms with Gasteiger partial charge in [0.25, 0.3) is 0 Å². The zero-order chi connectivity index (χ0) is 44.3. The maximum absolute atomic E-state index is 2.82. The summed E-state index contributed by atoms with van der Waals surface area (Å²) >= 11 is 0. The van der Waals surface area contributed by atoms with E-state index in [9.17, 15) is 0 Å². The summed E-state index contributed by atoms with van der Waals surface area (Å²) in [5.74, 6) is 5.84. The second kappa shape index (κ2) is 11.8. The molecule has 2 aliphatic heterocycles. The number of nitrogens with zero attached hydrogens (tertiary/aromatic N) is 2. The zero-order valence-corrected chi connectivity index (χ0v) is 39.1. The molecule has 4 unspecified atom stereocenters. The van der Waals surface area contributed by atoms with E-state index < -0.39 is 0 Å². The van der Waals surface area contributed by atoms with Crippen LogP contribution in [0, 0.1) is 46.3 Å². The van der Waals surface area contributed by atoms with Crippen LogP contribution in [0.15, 0.2) is 164 Å². The van der Waals surface area contributed by atoms with Crippen LogP contribution in [0.5, 0.6) is 0 Å². The van der Waals surface area contributed by atoms with Gasteiger partial charge in [0.15, 0.2) is 0 Å². The van der Waals surface area contributed by atoms with E-state index in [1.165, 1.54) is 158 Å². The molecular weight excluding hydrogens is 832 g/mol. The summed E-state index contributed by atoms with van der Waals surface area (Å²) < 4.78 is 2.79. The Bertz CT molecular complexity index is 3790. The Morgan fingerprint density at radius 3 is 1.72 bits per heavy atom. The van der Waals surface area contributed by atoms with E-state index in [-0.39, 0.29) is 12.3 Å². The Hall–Kier alpha value is -6.32. The Morgan fingerprint density at radius 1 is 0.449 bits per heavy atom. The van der Waals surface area contributed by atoms with Gasteiger partial charge < -0.3 is 9.38 Å². The van der Waals surface area contributed by atoms with E-state index in [1.54, 1.807) is 11.1 Å². The van der Waals surface area contributed by atoms with Crippen molar-refractivity contribution in [2.45, 2.75) is 75.0 Å². The fraction of sp³-hybridized carbons (Fsp3) is 0.303. The van der Waals surface area contributed by atoms with Crippen LogP contribution in [0.25, 0.3) is 71.6 Å². The molecule has 0 radical (unpaired) electrons. The molecule has 4 bridgehead atoms. The fourth-order valence-corrected chi connectivity index (χ4v) is 20.3. The molecule has 330 valence electrons. The highest BCUT2D eigenvalue weighted by atomic mass is 15.1. The maximum Gasteiger partial charge on any atom is 0.333 e. The molecule has 8 aromatic carbocycles. The van der Waals surface area contributed by atoms with Crippen molar-refractivity contribution in [3.63, 3.8) is 0 Å². The highest BCUT2D eigenvalue weighted by Gasteiger charge is 2.78. The third kappa shape index (κ3) is 4.06. The van der Waals surface area contributed by atoms with Crippen molar-refractivity contribution in [3.05, 3.63) is 175 Å². The number of fused-ring (bicyclic) bond motifs is 11. The van der Waals surface area contributed by atoms with E-state index in [4.69, 9.17) is 0 Å². The first-order chi connectivity index (χ1) is 34.0. The normalized spacial score (nSPS) is 33.4. The van der Waals surface area contributed by atoms with Crippen LogP contribution < -0.4 is 15.7 Å². The summed E-state index contributed by atoms with van der Waals surface area (Å²) in [5, 5.41) is 5.63. The van der Waals surface area contributed by atoms with E-state index in [0.717, 1.165) is 35.5 Å². The average Bonchev–Trinajstić information content (AvgIpc) is 4.16. The molecule has 2 spiro atoms. The molecule has 69 heavy (non-hydrogen) atoms. The van der Waals surface area contributed by atoms with Gasteiger partial charge in [0, 0.05) is 33.4 Å². The summed E-state index contributed by atoms with van der Waals surface area (Å²) in [6.45, 7) is -0.00102. The summed E-state index contributed by atoms with van der Waals surface area (Å²) in [5.41, 5.74) is 22.8. The molecule has 3 heteroatoms. The lowest BCUT2D eigenvalue weighted by Crippen LogP contribution is -2.61. The van der Waals surface area contributed by atoms with Crippen LogP contribution in [0.3, 0.4) is 0 Å². The van der Waals surface area contributed by atoms with Crippen LogP contribution in [0.2, 0.25) is 0 Å². The van der Waals surface area contributed by atoms with Crippen molar-refractivity contribution in [1.82, 2.24) is 4.57 Å². The van der Waals surface area contributed by atoms with E-state index in [1.807, 2.05) is 0 Å². The van der Waals surface area contributed by atoms with Gasteiger partial charge in [-0.3, -0.25) is 0 Å². The number of hydrogen-bond donors (Lipinski definition) is 0. The molecule has 1 aromatic heterocycles. The third-order valence-electron chi connectivity index (χ3n) is 22.8. The quantitative estimate of drug-likeness (QED) is 0.156. The molecule has 4 atom stereocenters. The van der Waals surface area contributed by atoms with Gasteiger partial charge in [-0.25, -0.2) is 0 Å². The maximum atomic E-state index is 2.82. The topological polar surface area (TPSA) is 8.17 Å². The highest BCUT2D eigenvalue weighted by molar-refractivity contribution is 6.93. The minimum atomic E-state index is -0.00102. The van der Waals surface area contributed by atoms with Crippen molar-refractivity contribution in [1.29, 1.82) is 0 Å². The monoisotopic (exact) mass is 884 g/mol. The van der Waals surface area contributed by atoms with E-state index in [2.05, 4.69) is 173 Å². The van der Waals surface area contributed by atoms with Crippen molar-refractivity contribution < 1.29 is 0 Å². The van der Waals surface area contributed by atoms with Gasteiger partial charge in [0.2, 0.25) is 0 Å². The van der Waals surface area contributed by atoms with Crippen LogP contribution in [-0.2, 0) is 10.8 Å². The van der Waals surface area contributed by atoms with Crippen LogP contribution in [-0.4, -0.2) is 11.4 Å². The molecule has 19 rings (SSSR count). The largest absolute Gasteiger partial charge is 0.376 e. The van der Waals surface area contributed by atoms with Gasteiger partial charge >= 0.3 is 6.85 Å². The van der Waals surface area contributed by atoms with Gasteiger partial charge in [0.05, 0.1) is 11.0 Å². The minimum Gasteiger partial charge on any atom is -0.376 e. The molecule has 9 aromatic rings. The minimum absolute atomic E-state index is 0.00102. The van der Waals surface area contributed by atoms with Crippen molar-refractivity contribution in [2.75, 3.05) is 4.81 Å². The molecule has 0 amide bonds. The first-order valence-electron chi connectivity index (χ1n) is 26.8. The van der Waals surface area contributed by atoms with E-state index in [0.29, 0.717) is 16.2 Å². The van der Waals surface area contributed by atoms with Crippen molar-refractivity contribution in [3.8, 4) is 39.1 Å². The number of rotatable bonds is 5. The zero-order valence-electron chi connectivity index (χ0n) is 39.1. The lowest BCUT2D eigenvalue weighted by molar-refractivity contribution is -0.175. The summed E-state index contributed by atoms with van der Waals surface area (Å²) in [7, 11) is 0.